The van der Waals surface area contributed by atoms with Crippen LogP contribution in [0.1, 0.15) is 10.5 Å². The van der Waals surface area contributed by atoms with Crippen molar-refractivity contribution < 1.29 is 8.68 Å². The molecule has 0 saturated carbocycles. The van der Waals surface area contributed by atoms with Crippen molar-refractivity contribution in [3.63, 3.8) is 0 Å². The molecule has 1 rings (SSSR count). The van der Waals surface area contributed by atoms with Crippen molar-refractivity contribution in [2.75, 3.05) is 5.75 Å². The Labute approximate surface area is 68.1 Å². The summed E-state index contributed by atoms with van der Waals surface area (Å²) in [7, 11) is 0. The molecule has 0 aliphatic heterocycles. The lowest BCUT2D eigenvalue weighted by Gasteiger charge is -1.93. The van der Waals surface area contributed by atoms with E-state index in [1.54, 1.807) is 18.2 Å². The van der Waals surface area contributed by atoms with Crippen LogP contribution in [-0.4, -0.2) is 16.5 Å². The molecule has 0 aliphatic rings. The molecule has 1 heterocycles. The quantitative estimate of drug-likeness (QED) is 0.650. The third kappa shape index (κ3) is 2.31. The summed E-state index contributed by atoms with van der Waals surface area (Å²) in [6.45, 7) is 0. The molecule has 0 bridgehead atoms. The van der Waals surface area contributed by atoms with Crippen LogP contribution >= 0.6 is 12.1 Å². The molecule has 1 aromatic heterocycles. The lowest BCUT2D eigenvalue weighted by molar-refractivity contribution is 0.101. The van der Waals surface area contributed by atoms with Crippen molar-refractivity contribution in [1.82, 2.24) is 4.98 Å². The number of halogens is 1. The average Bonchev–Trinajstić information content (AvgIpc) is 2.07. The fraction of sp³-hybridized carbons (Fsp3) is 0.143. The predicted molar refractivity (Wildman–Crippen MR) is 42.1 cm³/mol. The summed E-state index contributed by atoms with van der Waals surface area (Å²) < 4.78 is 11.6. The number of aromatic nitrogens is 1. The van der Waals surface area contributed by atoms with Crippen molar-refractivity contribution in [2.45, 2.75) is 0 Å². The SMILES string of the molecule is O=C(CSF)c1ccccn1. The largest absolute Gasteiger partial charge is 0.291 e. The van der Waals surface area contributed by atoms with E-state index in [0.29, 0.717) is 5.69 Å². The number of rotatable bonds is 3. The zero-order chi connectivity index (χ0) is 8.10. The Morgan fingerprint density at radius 3 is 3.00 bits per heavy atom. The van der Waals surface area contributed by atoms with Gasteiger partial charge in [-0.3, -0.25) is 9.78 Å². The molecule has 0 radical (unpaired) electrons. The van der Waals surface area contributed by atoms with E-state index in [2.05, 4.69) is 4.98 Å². The van der Waals surface area contributed by atoms with Gasteiger partial charge in [0.1, 0.15) is 5.69 Å². The molecule has 0 amide bonds. The maximum Gasteiger partial charge on any atom is 0.193 e. The van der Waals surface area contributed by atoms with Gasteiger partial charge in [-0.15, -0.1) is 0 Å². The third-order valence-corrected chi connectivity index (χ3v) is 1.51. The van der Waals surface area contributed by atoms with E-state index in [1.165, 1.54) is 6.20 Å². The summed E-state index contributed by atoms with van der Waals surface area (Å²) in [6.07, 6.45) is 1.51. The van der Waals surface area contributed by atoms with Crippen LogP contribution in [0.5, 0.6) is 0 Å². The molecular formula is C7H6FNOS. The molecule has 0 aromatic carbocycles. The molecule has 0 saturated heterocycles. The van der Waals surface area contributed by atoms with Crippen molar-refractivity contribution >= 4 is 17.9 Å². The van der Waals surface area contributed by atoms with Crippen LogP contribution in [0.15, 0.2) is 24.4 Å². The second-order valence-corrected chi connectivity index (χ2v) is 2.40. The van der Waals surface area contributed by atoms with Gasteiger partial charge in [-0.25, -0.2) is 0 Å². The van der Waals surface area contributed by atoms with Crippen LogP contribution in [-0.2, 0) is 0 Å². The van der Waals surface area contributed by atoms with Crippen LogP contribution in [0, 0.1) is 0 Å². The van der Waals surface area contributed by atoms with Gasteiger partial charge in [0.05, 0.1) is 17.9 Å². The summed E-state index contributed by atoms with van der Waals surface area (Å²) in [5, 5.41) is 0. The maximum absolute atomic E-state index is 11.6. The molecule has 11 heavy (non-hydrogen) atoms. The summed E-state index contributed by atoms with van der Waals surface area (Å²) in [5.41, 5.74) is 0.317. The number of nitrogens with zero attached hydrogens (tertiary/aromatic N) is 1. The van der Waals surface area contributed by atoms with E-state index < -0.39 is 0 Å². The summed E-state index contributed by atoms with van der Waals surface area (Å²) in [6, 6.07) is 4.97. The highest BCUT2D eigenvalue weighted by atomic mass is 32.2. The Kier molecular flexibility index (Phi) is 3.04. The van der Waals surface area contributed by atoms with E-state index in [0.717, 1.165) is 0 Å². The minimum atomic E-state index is -0.280. The lowest BCUT2D eigenvalue weighted by atomic mass is 10.3. The van der Waals surface area contributed by atoms with E-state index in [-0.39, 0.29) is 23.7 Å². The number of ketones is 1. The highest BCUT2D eigenvalue weighted by Crippen LogP contribution is 2.04. The highest BCUT2D eigenvalue weighted by Gasteiger charge is 2.05. The van der Waals surface area contributed by atoms with E-state index in [9.17, 15) is 8.68 Å². The molecule has 0 unspecified atom stereocenters. The first kappa shape index (κ1) is 8.20. The molecule has 0 fully saturated rings. The maximum atomic E-state index is 11.6. The Hall–Kier alpha value is -0.900. The first-order valence-electron chi connectivity index (χ1n) is 3.02. The van der Waals surface area contributed by atoms with Gasteiger partial charge >= 0.3 is 0 Å². The predicted octanol–water partition coefficient (Wildman–Crippen LogP) is 1.88. The van der Waals surface area contributed by atoms with Gasteiger partial charge in [-0.05, 0) is 12.1 Å². The zero-order valence-corrected chi connectivity index (χ0v) is 6.47. The Morgan fingerprint density at radius 2 is 2.45 bits per heavy atom. The van der Waals surface area contributed by atoms with Crippen molar-refractivity contribution in [1.29, 1.82) is 0 Å². The third-order valence-electron chi connectivity index (χ3n) is 1.14. The topological polar surface area (TPSA) is 30.0 Å². The second-order valence-electron chi connectivity index (χ2n) is 1.89. The molecule has 1 aromatic rings. The molecular weight excluding hydrogens is 165 g/mol. The van der Waals surface area contributed by atoms with Crippen LogP contribution in [0.25, 0.3) is 0 Å². The van der Waals surface area contributed by atoms with Gasteiger partial charge in [-0.2, -0.15) is 3.89 Å². The summed E-state index contributed by atoms with van der Waals surface area (Å²) in [4.78, 5) is 14.7. The fourth-order valence-electron chi connectivity index (χ4n) is 0.651. The van der Waals surface area contributed by atoms with Crippen LogP contribution in [0.4, 0.5) is 3.89 Å². The number of carbonyl (C=O) groups is 1. The standard InChI is InChI=1S/C7H6FNOS/c8-11-5-7(10)6-3-1-2-4-9-6/h1-4H,5H2. The van der Waals surface area contributed by atoms with E-state index in [4.69, 9.17) is 0 Å². The number of Topliss-reactive ketones (excluding diaryl/α,β-unsaturated/α-hetero) is 1. The molecule has 2 nitrogen and oxygen atoms in total. The minimum absolute atomic E-state index is 0.0150. The van der Waals surface area contributed by atoms with E-state index >= 15 is 0 Å². The van der Waals surface area contributed by atoms with Crippen molar-refractivity contribution in [2.24, 2.45) is 0 Å². The summed E-state index contributed by atoms with van der Waals surface area (Å²) >= 11 is 0.0150. The Morgan fingerprint density at radius 1 is 1.64 bits per heavy atom. The van der Waals surface area contributed by atoms with Gasteiger partial charge in [0.15, 0.2) is 5.78 Å². The fourth-order valence-corrected chi connectivity index (χ4v) is 0.898. The Bertz CT molecular complexity index is 239. The molecule has 0 aliphatic carbocycles. The van der Waals surface area contributed by atoms with E-state index in [1.807, 2.05) is 0 Å². The molecule has 0 N–H and O–H groups in total. The first-order valence-corrected chi connectivity index (χ1v) is 3.91. The smallest absolute Gasteiger partial charge is 0.193 e. The molecule has 4 heteroatoms. The minimum Gasteiger partial charge on any atom is -0.291 e. The van der Waals surface area contributed by atoms with Gasteiger partial charge in [0, 0.05) is 6.20 Å². The van der Waals surface area contributed by atoms with Crippen LogP contribution < -0.4 is 0 Å². The highest BCUT2D eigenvalue weighted by molar-refractivity contribution is 7.95. The van der Waals surface area contributed by atoms with Gasteiger partial charge in [0.25, 0.3) is 0 Å². The number of carbonyl (C=O) groups excluding carboxylic acids is 1. The monoisotopic (exact) mass is 171 g/mol. The second kappa shape index (κ2) is 4.08. The molecule has 58 valence electrons. The number of hydrogen-bond donors (Lipinski definition) is 0. The van der Waals surface area contributed by atoms with Crippen molar-refractivity contribution in [3.8, 4) is 0 Å². The van der Waals surface area contributed by atoms with Crippen LogP contribution in [0.3, 0.4) is 0 Å². The normalized spacial score (nSPS) is 9.55. The molecule has 0 spiro atoms. The first-order chi connectivity index (χ1) is 5.34. The van der Waals surface area contributed by atoms with Gasteiger partial charge < -0.3 is 0 Å². The van der Waals surface area contributed by atoms with Gasteiger partial charge in [0.2, 0.25) is 0 Å². The van der Waals surface area contributed by atoms with Crippen molar-refractivity contribution in [3.05, 3.63) is 30.1 Å². The zero-order valence-electron chi connectivity index (χ0n) is 5.66. The average molecular weight is 171 g/mol. The Balaban J connectivity index is 2.69. The van der Waals surface area contributed by atoms with Crippen LogP contribution in [0.2, 0.25) is 0 Å². The molecule has 0 atom stereocenters. The van der Waals surface area contributed by atoms with Gasteiger partial charge in [-0.1, -0.05) is 6.07 Å². The number of pyridine rings is 1. The number of hydrogen-bond acceptors (Lipinski definition) is 3. The lowest BCUT2D eigenvalue weighted by Crippen LogP contribution is -2.03. The summed E-state index contributed by atoms with van der Waals surface area (Å²) in [5.74, 6) is -0.435.